The third-order valence-corrected chi connectivity index (χ3v) is 1.67. The highest BCUT2D eigenvalue weighted by Crippen LogP contribution is 1.95. The molecular formula is C10H21N3O2. The number of amides is 2. The van der Waals surface area contributed by atoms with E-state index in [9.17, 15) is 9.59 Å². The lowest BCUT2D eigenvalue weighted by Gasteiger charge is -2.17. The first-order chi connectivity index (χ1) is 6.73. The maximum Gasteiger partial charge on any atom is 0.239 e. The van der Waals surface area contributed by atoms with Crippen LogP contribution < -0.4 is 16.4 Å². The number of hydrogen-bond donors (Lipinski definition) is 3. The second-order valence-electron chi connectivity index (χ2n) is 4.45. The average Bonchev–Trinajstić information content (AvgIpc) is 2.00. The van der Waals surface area contributed by atoms with Crippen LogP contribution in [0.3, 0.4) is 0 Å². The fraction of sp³-hybridized carbons (Fsp3) is 0.800. The van der Waals surface area contributed by atoms with Crippen LogP contribution in [0.4, 0.5) is 0 Å². The van der Waals surface area contributed by atoms with Gasteiger partial charge in [-0.05, 0) is 27.7 Å². The molecule has 0 aromatic heterocycles. The van der Waals surface area contributed by atoms with E-state index >= 15 is 0 Å². The number of rotatable bonds is 5. The van der Waals surface area contributed by atoms with E-state index in [1.54, 1.807) is 13.8 Å². The first-order valence-electron chi connectivity index (χ1n) is 5.10. The molecule has 88 valence electrons. The Morgan fingerprint density at radius 1 is 1.33 bits per heavy atom. The zero-order chi connectivity index (χ0) is 12.1. The van der Waals surface area contributed by atoms with Gasteiger partial charge in [0.1, 0.15) is 0 Å². The zero-order valence-electron chi connectivity index (χ0n) is 9.89. The largest absolute Gasteiger partial charge is 0.354 e. The molecule has 0 rings (SSSR count). The van der Waals surface area contributed by atoms with Gasteiger partial charge in [-0.1, -0.05) is 0 Å². The summed E-state index contributed by atoms with van der Waals surface area (Å²) < 4.78 is 0. The summed E-state index contributed by atoms with van der Waals surface area (Å²) in [4.78, 5) is 22.5. The Morgan fingerprint density at radius 3 is 2.27 bits per heavy atom. The van der Waals surface area contributed by atoms with Crippen molar-refractivity contribution in [1.29, 1.82) is 0 Å². The normalized spacial score (nSPS) is 11.3. The van der Waals surface area contributed by atoms with Gasteiger partial charge in [0.05, 0.1) is 5.54 Å². The van der Waals surface area contributed by atoms with Gasteiger partial charge in [-0.25, -0.2) is 0 Å². The molecule has 5 heteroatoms. The van der Waals surface area contributed by atoms with E-state index in [0.717, 1.165) is 0 Å². The summed E-state index contributed by atoms with van der Waals surface area (Å²) in [6, 6.07) is 0.124. The lowest BCUT2D eigenvalue weighted by Crippen LogP contribution is -2.49. The maximum absolute atomic E-state index is 11.3. The molecule has 4 N–H and O–H groups in total. The van der Waals surface area contributed by atoms with Crippen molar-refractivity contribution in [3.8, 4) is 0 Å². The van der Waals surface area contributed by atoms with E-state index in [0.29, 0.717) is 6.54 Å². The molecule has 0 spiro atoms. The van der Waals surface area contributed by atoms with E-state index in [1.807, 2.05) is 13.8 Å². The van der Waals surface area contributed by atoms with Crippen molar-refractivity contribution >= 4 is 11.8 Å². The Balaban J connectivity index is 3.72. The molecule has 15 heavy (non-hydrogen) atoms. The minimum Gasteiger partial charge on any atom is -0.354 e. The summed E-state index contributed by atoms with van der Waals surface area (Å²) in [6.45, 7) is 7.34. The topological polar surface area (TPSA) is 84.2 Å². The van der Waals surface area contributed by atoms with E-state index in [4.69, 9.17) is 5.73 Å². The highest BCUT2D eigenvalue weighted by Gasteiger charge is 2.21. The van der Waals surface area contributed by atoms with Gasteiger partial charge >= 0.3 is 0 Å². The highest BCUT2D eigenvalue weighted by molar-refractivity contribution is 5.85. The number of carbonyl (C=O) groups is 2. The van der Waals surface area contributed by atoms with Crippen LogP contribution in [0.25, 0.3) is 0 Å². The van der Waals surface area contributed by atoms with Gasteiger partial charge in [-0.15, -0.1) is 0 Å². The van der Waals surface area contributed by atoms with Crippen LogP contribution >= 0.6 is 0 Å². The Bertz CT molecular complexity index is 231. The van der Waals surface area contributed by atoms with E-state index in [-0.39, 0.29) is 24.3 Å². The van der Waals surface area contributed by atoms with Crippen molar-refractivity contribution in [2.45, 2.75) is 45.7 Å². The monoisotopic (exact) mass is 215 g/mol. The van der Waals surface area contributed by atoms with E-state index in [2.05, 4.69) is 10.6 Å². The van der Waals surface area contributed by atoms with Gasteiger partial charge in [0, 0.05) is 19.0 Å². The van der Waals surface area contributed by atoms with Crippen molar-refractivity contribution in [3.05, 3.63) is 0 Å². The Morgan fingerprint density at radius 2 is 1.87 bits per heavy atom. The zero-order valence-corrected chi connectivity index (χ0v) is 9.89. The molecule has 0 fully saturated rings. The first kappa shape index (κ1) is 13.9. The second kappa shape index (κ2) is 5.70. The molecule has 0 aliphatic rings. The van der Waals surface area contributed by atoms with Crippen LogP contribution in [0.15, 0.2) is 0 Å². The lowest BCUT2D eigenvalue weighted by molar-refractivity contribution is -0.125. The molecule has 0 aliphatic heterocycles. The quantitative estimate of drug-likeness (QED) is 0.591. The summed E-state index contributed by atoms with van der Waals surface area (Å²) >= 11 is 0. The number of nitrogens with two attached hydrogens (primary N) is 1. The minimum atomic E-state index is -0.894. The molecule has 0 aromatic rings. The Labute approximate surface area is 90.8 Å². The molecule has 0 radical (unpaired) electrons. The molecule has 0 aliphatic carbocycles. The summed E-state index contributed by atoms with van der Waals surface area (Å²) in [5.74, 6) is -0.319. The third kappa shape index (κ3) is 6.90. The van der Waals surface area contributed by atoms with Crippen LogP contribution in [-0.4, -0.2) is 29.9 Å². The molecule has 0 aromatic carbocycles. The van der Waals surface area contributed by atoms with E-state index in [1.165, 1.54) is 0 Å². The van der Waals surface area contributed by atoms with Gasteiger partial charge in [0.15, 0.2) is 0 Å². The second-order valence-corrected chi connectivity index (χ2v) is 4.45. The summed E-state index contributed by atoms with van der Waals surface area (Å²) in [5, 5.41) is 5.34. The highest BCUT2D eigenvalue weighted by atomic mass is 16.2. The van der Waals surface area contributed by atoms with Crippen molar-refractivity contribution in [2.24, 2.45) is 5.73 Å². The molecule has 0 saturated carbocycles. The molecule has 0 atom stereocenters. The van der Waals surface area contributed by atoms with Crippen LogP contribution in [0, 0.1) is 0 Å². The Hall–Kier alpha value is -1.10. The SMILES string of the molecule is CC(C)NC(=O)CCNC(=O)C(C)(C)N. The van der Waals surface area contributed by atoms with Crippen LogP contribution in [-0.2, 0) is 9.59 Å². The molecule has 2 amide bonds. The Kier molecular flexibility index (Phi) is 5.28. The smallest absolute Gasteiger partial charge is 0.239 e. The maximum atomic E-state index is 11.3. The van der Waals surface area contributed by atoms with Gasteiger partial charge in [0.25, 0.3) is 0 Å². The fourth-order valence-corrected chi connectivity index (χ4v) is 0.912. The summed E-state index contributed by atoms with van der Waals surface area (Å²) in [6.07, 6.45) is 0.278. The molecule has 5 nitrogen and oxygen atoms in total. The summed E-state index contributed by atoms with van der Waals surface area (Å²) in [5.41, 5.74) is 4.67. The van der Waals surface area contributed by atoms with Crippen LogP contribution in [0.5, 0.6) is 0 Å². The molecule has 0 bridgehead atoms. The predicted octanol–water partition coefficient (Wildman–Crippen LogP) is -0.245. The summed E-state index contributed by atoms with van der Waals surface area (Å²) in [7, 11) is 0. The predicted molar refractivity (Wildman–Crippen MR) is 59.2 cm³/mol. The number of nitrogens with one attached hydrogen (secondary N) is 2. The molecular weight excluding hydrogens is 194 g/mol. The van der Waals surface area contributed by atoms with Gasteiger partial charge in [0.2, 0.25) is 11.8 Å². The number of carbonyl (C=O) groups excluding carboxylic acids is 2. The average molecular weight is 215 g/mol. The molecule has 0 heterocycles. The van der Waals surface area contributed by atoms with Crippen LogP contribution in [0.1, 0.15) is 34.1 Å². The van der Waals surface area contributed by atoms with E-state index < -0.39 is 5.54 Å². The fourth-order valence-electron chi connectivity index (χ4n) is 0.912. The van der Waals surface area contributed by atoms with Crippen molar-refractivity contribution in [3.63, 3.8) is 0 Å². The van der Waals surface area contributed by atoms with Gasteiger partial charge < -0.3 is 16.4 Å². The molecule has 0 unspecified atom stereocenters. The lowest BCUT2D eigenvalue weighted by atomic mass is 10.1. The number of hydrogen-bond acceptors (Lipinski definition) is 3. The first-order valence-corrected chi connectivity index (χ1v) is 5.10. The standard InChI is InChI=1S/C10H21N3O2/c1-7(2)13-8(14)5-6-12-9(15)10(3,4)11/h7H,5-6,11H2,1-4H3,(H,12,15)(H,13,14). The van der Waals surface area contributed by atoms with Gasteiger partial charge in [-0.3, -0.25) is 9.59 Å². The minimum absolute atomic E-state index is 0.0693. The van der Waals surface area contributed by atoms with Gasteiger partial charge in [-0.2, -0.15) is 0 Å². The third-order valence-electron chi connectivity index (χ3n) is 1.67. The van der Waals surface area contributed by atoms with Crippen LogP contribution in [0.2, 0.25) is 0 Å². The van der Waals surface area contributed by atoms with Crippen molar-refractivity contribution < 1.29 is 9.59 Å². The molecule has 0 saturated heterocycles. The van der Waals surface area contributed by atoms with Crippen molar-refractivity contribution in [2.75, 3.05) is 6.54 Å². The van der Waals surface area contributed by atoms with Crippen molar-refractivity contribution in [1.82, 2.24) is 10.6 Å².